The monoisotopic (exact) mass is 277 g/mol. The largest absolute Gasteiger partial charge is 0.384 e. The van der Waals surface area contributed by atoms with Crippen molar-refractivity contribution in [3.8, 4) is 0 Å². The first-order valence-electron chi connectivity index (χ1n) is 7.12. The number of pyridine rings is 1. The van der Waals surface area contributed by atoms with Crippen molar-refractivity contribution in [2.45, 2.75) is 26.3 Å². The molecule has 20 heavy (non-hydrogen) atoms. The molecule has 0 bridgehead atoms. The number of nitrogens with zero attached hydrogens (tertiary/aromatic N) is 2. The zero-order valence-electron chi connectivity index (χ0n) is 12.4. The number of carbonyl (C=O) groups is 1. The SMILES string of the molecule is COCC1CCN(C(=O)c2cccc(NC(C)C)n2)C1. The summed E-state index contributed by atoms with van der Waals surface area (Å²) >= 11 is 0. The third-order valence-corrected chi connectivity index (χ3v) is 3.38. The number of nitrogens with one attached hydrogen (secondary N) is 1. The fraction of sp³-hybridized carbons (Fsp3) is 0.600. The maximum Gasteiger partial charge on any atom is 0.272 e. The molecule has 1 unspecified atom stereocenters. The fourth-order valence-corrected chi connectivity index (χ4v) is 2.48. The number of likely N-dealkylation sites (tertiary alicyclic amines) is 1. The van der Waals surface area contributed by atoms with Gasteiger partial charge in [0.05, 0.1) is 6.61 Å². The average Bonchev–Trinajstić information content (AvgIpc) is 2.86. The molecule has 0 spiro atoms. The first kappa shape index (κ1) is 14.8. The molecule has 1 fully saturated rings. The lowest BCUT2D eigenvalue weighted by Crippen LogP contribution is -2.30. The van der Waals surface area contributed by atoms with Gasteiger partial charge in [-0.25, -0.2) is 4.98 Å². The van der Waals surface area contributed by atoms with Gasteiger partial charge in [-0.1, -0.05) is 6.07 Å². The fourth-order valence-electron chi connectivity index (χ4n) is 2.48. The highest BCUT2D eigenvalue weighted by molar-refractivity contribution is 5.92. The van der Waals surface area contributed by atoms with E-state index in [1.54, 1.807) is 13.2 Å². The molecule has 2 heterocycles. The Hall–Kier alpha value is -1.62. The second-order valence-electron chi connectivity index (χ2n) is 5.57. The van der Waals surface area contributed by atoms with E-state index >= 15 is 0 Å². The molecule has 1 saturated heterocycles. The Morgan fingerprint density at radius 1 is 1.55 bits per heavy atom. The lowest BCUT2D eigenvalue weighted by Gasteiger charge is -2.17. The smallest absolute Gasteiger partial charge is 0.272 e. The van der Waals surface area contributed by atoms with E-state index in [-0.39, 0.29) is 5.91 Å². The highest BCUT2D eigenvalue weighted by atomic mass is 16.5. The number of hydrogen-bond acceptors (Lipinski definition) is 4. The topological polar surface area (TPSA) is 54.5 Å². The van der Waals surface area contributed by atoms with Gasteiger partial charge >= 0.3 is 0 Å². The number of ether oxygens (including phenoxy) is 1. The highest BCUT2D eigenvalue weighted by Gasteiger charge is 2.27. The zero-order chi connectivity index (χ0) is 14.5. The second kappa shape index (κ2) is 6.70. The van der Waals surface area contributed by atoms with Crippen LogP contribution in [0.25, 0.3) is 0 Å². The van der Waals surface area contributed by atoms with Crippen LogP contribution in [0.15, 0.2) is 18.2 Å². The molecule has 110 valence electrons. The van der Waals surface area contributed by atoms with E-state index in [1.807, 2.05) is 30.9 Å². The minimum absolute atomic E-state index is 0.0102. The van der Waals surface area contributed by atoms with E-state index in [1.165, 1.54) is 0 Å². The molecular formula is C15H23N3O2. The van der Waals surface area contributed by atoms with Crippen molar-refractivity contribution in [2.24, 2.45) is 5.92 Å². The molecule has 5 heteroatoms. The van der Waals surface area contributed by atoms with Crippen LogP contribution in [-0.4, -0.2) is 48.6 Å². The summed E-state index contributed by atoms with van der Waals surface area (Å²) in [6, 6.07) is 5.82. The zero-order valence-corrected chi connectivity index (χ0v) is 12.4. The maximum atomic E-state index is 12.4. The summed E-state index contributed by atoms with van der Waals surface area (Å²) in [4.78, 5) is 18.7. The summed E-state index contributed by atoms with van der Waals surface area (Å²) in [7, 11) is 1.70. The molecule has 1 aliphatic rings. The summed E-state index contributed by atoms with van der Waals surface area (Å²) < 4.78 is 5.16. The Morgan fingerprint density at radius 3 is 3.05 bits per heavy atom. The molecule has 0 aliphatic carbocycles. The van der Waals surface area contributed by atoms with E-state index in [4.69, 9.17) is 4.74 Å². The summed E-state index contributed by atoms with van der Waals surface area (Å²) in [6.45, 7) is 6.36. The summed E-state index contributed by atoms with van der Waals surface area (Å²) in [6.07, 6.45) is 1.00. The molecule has 0 aromatic carbocycles. The summed E-state index contributed by atoms with van der Waals surface area (Å²) in [5.74, 6) is 1.20. The molecule has 1 amide bonds. The van der Waals surface area contributed by atoms with Crippen molar-refractivity contribution >= 4 is 11.7 Å². The van der Waals surface area contributed by atoms with Gasteiger partial charge in [-0.15, -0.1) is 0 Å². The van der Waals surface area contributed by atoms with E-state index in [0.29, 0.717) is 24.3 Å². The predicted octanol–water partition coefficient (Wildman–Crippen LogP) is 2.01. The third kappa shape index (κ3) is 3.70. The van der Waals surface area contributed by atoms with Gasteiger partial charge in [0, 0.05) is 32.2 Å². The van der Waals surface area contributed by atoms with Crippen molar-refractivity contribution in [3.05, 3.63) is 23.9 Å². The van der Waals surface area contributed by atoms with Crippen LogP contribution in [0.5, 0.6) is 0 Å². The van der Waals surface area contributed by atoms with Crippen LogP contribution in [0.3, 0.4) is 0 Å². The molecule has 5 nitrogen and oxygen atoms in total. The second-order valence-corrected chi connectivity index (χ2v) is 5.57. The van der Waals surface area contributed by atoms with Crippen molar-refractivity contribution in [3.63, 3.8) is 0 Å². The number of hydrogen-bond donors (Lipinski definition) is 1. The quantitative estimate of drug-likeness (QED) is 0.894. The van der Waals surface area contributed by atoms with Gasteiger partial charge in [-0.05, 0) is 32.4 Å². The molecule has 2 rings (SSSR count). The van der Waals surface area contributed by atoms with Crippen molar-refractivity contribution in [1.82, 2.24) is 9.88 Å². The Labute approximate surface area is 120 Å². The lowest BCUT2D eigenvalue weighted by atomic mass is 10.1. The molecule has 1 aromatic rings. The Bertz CT molecular complexity index is 462. The van der Waals surface area contributed by atoms with Crippen molar-refractivity contribution in [2.75, 3.05) is 32.1 Å². The van der Waals surface area contributed by atoms with E-state index < -0.39 is 0 Å². The normalized spacial score (nSPS) is 18.6. The average molecular weight is 277 g/mol. The Kier molecular flexibility index (Phi) is 4.95. The number of amides is 1. The number of carbonyl (C=O) groups excluding carboxylic acids is 1. The first-order valence-corrected chi connectivity index (χ1v) is 7.12. The standard InChI is InChI=1S/C15H23N3O2/c1-11(2)16-14-6-4-5-13(17-14)15(19)18-8-7-12(9-18)10-20-3/h4-6,11-12H,7-10H2,1-3H3,(H,16,17). The Morgan fingerprint density at radius 2 is 2.35 bits per heavy atom. The van der Waals surface area contributed by atoms with Crippen LogP contribution >= 0.6 is 0 Å². The molecular weight excluding hydrogens is 254 g/mol. The molecule has 0 radical (unpaired) electrons. The van der Waals surface area contributed by atoms with Crippen molar-refractivity contribution in [1.29, 1.82) is 0 Å². The van der Waals surface area contributed by atoms with Crippen LogP contribution < -0.4 is 5.32 Å². The minimum atomic E-state index is 0.0102. The number of methoxy groups -OCH3 is 1. The number of aromatic nitrogens is 1. The minimum Gasteiger partial charge on any atom is -0.384 e. The van der Waals surface area contributed by atoms with Gasteiger partial charge in [0.2, 0.25) is 0 Å². The highest BCUT2D eigenvalue weighted by Crippen LogP contribution is 2.19. The van der Waals surface area contributed by atoms with Gasteiger partial charge in [0.1, 0.15) is 11.5 Å². The van der Waals surface area contributed by atoms with Gasteiger partial charge < -0.3 is 15.0 Å². The maximum absolute atomic E-state index is 12.4. The van der Waals surface area contributed by atoms with Crippen LogP contribution in [0, 0.1) is 5.92 Å². The lowest BCUT2D eigenvalue weighted by molar-refractivity contribution is 0.0770. The van der Waals surface area contributed by atoms with E-state index in [9.17, 15) is 4.79 Å². The molecule has 1 aliphatic heterocycles. The van der Waals surface area contributed by atoms with Gasteiger partial charge in [-0.2, -0.15) is 0 Å². The first-order chi connectivity index (χ1) is 9.60. The van der Waals surface area contributed by atoms with E-state index in [0.717, 1.165) is 25.3 Å². The summed E-state index contributed by atoms with van der Waals surface area (Å²) in [5, 5.41) is 3.22. The summed E-state index contributed by atoms with van der Waals surface area (Å²) in [5.41, 5.74) is 0.508. The molecule has 1 atom stereocenters. The van der Waals surface area contributed by atoms with Gasteiger partial charge in [0.15, 0.2) is 0 Å². The van der Waals surface area contributed by atoms with Crippen molar-refractivity contribution < 1.29 is 9.53 Å². The Balaban J connectivity index is 2.02. The van der Waals surface area contributed by atoms with Crippen LogP contribution in [0.1, 0.15) is 30.8 Å². The molecule has 1 N–H and O–H groups in total. The van der Waals surface area contributed by atoms with Gasteiger partial charge in [-0.3, -0.25) is 4.79 Å². The third-order valence-electron chi connectivity index (χ3n) is 3.38. The molecule has 0 saturated carbocycles. The van der Waals surface area contributed by atoms with Crippen LogP contribution in [0.4, 0.5) is 5.82 Å². The van der Waals surface area contributed by atoms with Crippen LogP contribution in [-0.2, 0) is 4.74 Å². The van der Waals surface area contributed by atoms with E-state index in [2.05, 4.69) is 10.3 Å². The number of rotatable bonds is 5. The van der Waals surface area contributed by atoms with Gasteiger partial charge in [0.25, 0.3) is 5.91 Å². The predicted molar refractivity (Wildman–Crippen MR) is 78.9 cm³/mol. The molecule has 1 aromatic heterocycles. The van der Waals surface area contributed by atoms with Crippen LogP contribution in [0.2, 0.25) is 0 Å². The number of anilines is 1.